The molecule has 2 heterocycles. The van der Waals surface area contributed by atoms with Crippen molar-refractivity contribution < 1.29 is 13.2 Å². The smallest absolute Gasteiger partial charge is 0.259 e. The zero-order valence-corrected chi connectivity index (χ0v) is 13.5. The molecule has 116 valence electrons. The molecular formula is C14H15N3O3S2. The maximum atomic E-state index is 12.7. The Bertz CT molecular complexity index is 829. The number of hydrogen-bond donors (Lipinski definition) is 1. The Morgan fingerprint density at radius 1 is 1.23 bits per heavy atom. The second kappa shape index (κ2) is 5.38. The number of carbonyl (C=O) groups is 1. The van der Waals surface area contributed by atoms with Crippen molar-refractivity contribution in [3.05, 3.63) is 41.3 Å². The number of nitrogens with two attached hydrogens (primary N) is 1. The molecule has 1 aliphatic rings. The SMILES string of the molecule is CN1CCN(C(=O)c2csc(S(N)(=O)=O)c2)c2ccccc21. The van der Waals surface area contributed by atoms with Gasteiger partial charge in [-0.2, -0.15) is 0 Å². The van der Waals surface area contributed by atoms with Crippen LogP contribution in [0.5, 0.6) is 0 Å². The summed E-state index contributed by atoms with van der Waals surface area (Å²) in [6.07, 6.45) is 0. The van der Waals surface area contributed by atoms with Crippen LogP contribution in [0, 0.1) is 0 Å². The zero-order valence-electron chi connectivity index (χ0n) is 11.9. The number of fused-ring (bicyclic) bond motifs is 1. The van der Waals surface area contributed by atoms with Crippen LogP contribution in [0.2, 0.25) is 0 Å². The normalized spacial score (nSPS) is 14.8. The predicted octanol–water partition coefficient (Wildman–Crippen LogP) is 1.49. The number of carbonyl (C=O) groups excluding carboxylic acids is 1. The standard InChI is InChI=1S/C14H15N3O3S2/c1-16-6-7-17(12-5-3-2-4-11(12)16)14(18)10-8-13(21-9-10)22(15,19)20/h2-5,8-9H,6-7H2,1H3,(H2,15,19,20). The van der Waals surface area contributed by atoms with Gasteiger partial charge in [0.05, 0.1) is 16.9 Å². The molecular weight excluding hydrogens is 322 g/mol. The van der Waals surface area contributed by atoms with Gasteiger partial charge in [0.1, 0.15) is 4.21 Å². The van der Waals surface area contributed by atoms with Gasteiger partial charge in [0.25, 0.3) is 5.91 Å². The van der Waals surface area contributed by atoms with E-state index in [4.69, 9.17) is 5.14 Å². The number of primary sulfonamides is 1. The first-order chi connectivity index (χ1) is 10.4. The second-order valence-corrected chi connectivity index (χ2v) is 7.77. The average molecular weight is 337 g/mol. The van der Waals surface area contributed by atoms with Crippen molar-refractivity contribution in [1.29, 1.82) is 0 Å². The van der Waals surface area contributed by atoms with E-state index >= 15 is 0 Å². The maximum absolute atomic E-state index is 12.7. The molecule has 22 heavy (non-hydrogen) atoms. The van der Waals surface area contributed by atoms with Crippen LogP contribution in [0.25, 0.3) is 0 Å². The third kappa shape index (κ3) is 2.60. The van der Waals surface area contributed by atoms with E-state index in [2.05, 4.69) is 4.90 Å². The molecule has 1 aliphatic heterocycles. The highest BCUT2D eigenvalue weighted by Crippen LogP contribution is 2.33. The molecule has 3 rings (SSSR count). The van der Waals surface area contributed by atoms with Gasteiger partial charge in [-0.05, 0) is 18.2 Å². The molecule has 0 unspecified atom stereocenters. The van der Waals surface area contributed by atoms with E-state index < -0.39 is 10.0 Å². The predicted molar refractivity (Wildman–Crippen MR) is 87.1 cm³/mol. The van der Waals surface area contributed by atoms with Crippen molar-refractivity contribution in [2.24, 2.45) is 5.14 Å². The fraction of sp³-hybridized carbons (Fsp3) is 0.214. The van der Waals surface area contributed by atoms with Gasteiger partial charge in [-0.15, -0.1) is 11.3 Å². The number of thiophene rings is 1. The first-order valence-electron chi connectivity index (χ1n) is 6.61. The minimum absolute atomic E-state index is 0.00161. The summed E-state index contributed by atoms with van der Waals surface area (Å²) in [5, 5.41) is 6.63. The highest BCUT2D eigenvalue weighted by atomic mass is 32.2. The lowest BCUT2D eigenvalue weighted by atomic mass is 10.1. The maximum Gasteiger partial charge on any atom is 0.259 e. The van der Waals surface area contributed by atoms with E-state index in [1.807, 2.05) is 31.3 Å². The molecule has 0 bridgehead atoms. The van der Waals surface area contributed by atoms with Crippen molar-refractivity contribution in [3.63, 3.8) is 0 Å². The van der Waals surface area contributed by atoms with E-state index in [9.17, 15) is 13.2 Å². The third-order valence-electron chi connectivity index (χ3n) is 3.59. The summed E-state index contributed by atoms with van der Waals surface area (Å²) in [6.45, 7) is 1.27. The number of amides is 1. The van der Waals surface area contributed by atoms with Gasteiger partial charge in [-0.3, -0.25) is 4.79 Å². The number of hydrogen-bond acceptors (Lipinski definition) is 5. The monoisotopic (exact) mass is 337 g/mol. The summed E-state index contributed by atoms with van der Waals surface area (Å²) in [6, 6.07) is 8.98. The number of benzene rings is 1. The Labute approximate surface area is 132 Å². The third-order valence-corrected chi connectivity index (χ3v) is 5.98. The number of anilines is 2. The highest BCUT2D eigenvalue weighted by molar-refractivity contribution is 7.91. The van der Waals surface area contributed by atoms with Crippen LogP contribution >= 0.6 is 11.3 Å². The number of nitrogens with zero attached hydrogens (tertiary/aromatic N) is 2. The Morgan fingerprint density at radius 3 is 2.55 bits per heavy atom. The number of rotatable bonds is 2. The Kier molecular flexibility index (Phi) is 3.67. The summed E-state index contributed by atoms with van der Waals surface area (Å²) in [5.41, 5.74) is 2.14. The largest absolute Gasteiger partial charge is 0.371 e. The average Bonchev–Trinajstić information content (AvgIpc) is 2.97. The lowest BCUT2D eigenvalue weighted by Gasteiger charge is -2.35. The van der Waals surface area contributed by atoms with Crippen LogP contribution in [0.1, 0.15) is 10.4 Å². The van der Waals surface area contributed by atoms with Crippen LogP contribution < -0.4 is 14.9 Å². The van der Waals surface area contributed by atoms with Crippen LogP contribution in [0.3, 0.4) is 0 Å². The van der Waals surface area contributed by atoms with Crippen LogP contribution in [-0.4, -0.2) is 34.5 Å². The molecule has 0 fully saturated rings. The number of likely N-dealkylation sites (N-methyl/N-ethyl adjacent to an activating group) is 1. The number of sulfonamides is 1. The summed E-state index contributed by atoms with van der Waals surface area (Å²) in [4.78, 5) is 16.4. The first kappa shape index (κ1) is 15.0. The van der Waals surface area contributed by atoms with Gasteiger partial charge in [0.15, 0.2) is 0 Å². The molecule has 2 aromatic rings. The lowest BCUT2D eigenvalue weighted by molar-refractivity contribution is 0.0987. The Hall–Kier alpha value is -1.90. The van der Waals surface area contributed by atoms with Gasteiger partial charge in [0.2, 0.25) is 10.0 Å². The fourth-order valence-electron chi connectivity index (χ4n) is 2.45. The van der Waals surface area contributed by atoms with Crippen molar-refractivity contribution >= 4 is 38.6 Å². The summed E-state index contributed by atoms with van der Waals surface area (Å²) in [7, 11) is -1.80. The van der Waals surface area contributed by atoms with Crippen LogP contribution in [0.4, 0.5) is 11.4 Å². The summed E-state index contributed by atoms with van der Waals surface area (Å²) < 4.78 is 22.7. The minimum atomic E-state index is -3.78. The van der Waals surface area contributed by atoms with Crippen molar-refractivity contribution in [1.82, 2.24) is 0 Å². The molecule has 1 aromatic carbocycles. The van der Waals surface area contributed by atoms with Gasteiger partial charge < -0.3 is 9.80 Å². The molecule has 2 N–H and O–H groups in total. The second-order valence-electron chi connectivity index (χ2n) is 5.07. The van der Waals surface area contributed by atoms with Gasteiger partial charge in [0, 0.05) is 25.5 Å². The summed E-state index contributed by atoms with van der Waals surface area (Å²) >= 11 is 0.960. The topological polar surface area (TPSA) is 83.7 Å². The molecule has 6 nitrogen and oxygen atoms in total. The van der Waals surface area contributed by atoms with E-state index in [0.717, 1.165) is 29.3 Å². The van der Waals surface area contributed by atoms with Gasteiger partial charge in [-0.1, -0.05) is 12.1 Å². The molecule has 0 atom stereocenters. The fourth-order valence-corrected chi connectivity index (χ4v) is 4.03. The first-order valence-corrected chi connectivity index (χ1v) is 9.04. The number of para-hydroxylation sites is 2. The van der Waals surface area contributed by atoms with E-state index in [-0.39, 0.29) is 10.1 Å². The molecule has 0 saturated heterocycles. The quantitative estimate of drug-likeness (QED) is 0.900. The van der Waals surface area contributed by atoms with Gasteiger partial charge >= 0.3 is 0 Å². The van der Waals surface area contributed by atoms with E-state index in [1.165, 1.54) is 11.4 Å². The van der Waals surface area contributed by atoms with E-state index in [0.29, 0.717) is 12.1 Å². The van der Waals surface area contributed by atoms with Crippen LogP contribution in [-0.2, 0) is 10.0 Å². The molecule has 1 amide bonds. The summed E-state index contributed by atoms with van der Waals surface area (Å²) in [5.74, 6) is -0.216. The zero-order chi connectivity index (χ0) is 15.9. The Morgan fingerprint density at radius 2 is 1.91 bits per heavy atom. The molecule has 0 radical (unpaired) electrons. The van der Waals surface area contributed by atoms with Crippen molar-refractivity contribution in [2.75, 3.05) is 29.9 Å². The lowest BCUT2D eigenvalue weighted by Crippen LogP contribution is -2.42. The highest BCUT2D eigenvalue weighted by Gasteiger charge is 2.27. The van der Waals surface area contributed by atoms with Crippen LogP contribution in [0.15, 0.2) is 39.9 Å². The molecule has 0 spiro atoms. The molecule has 8 heteroatoms. The Balaban J connectivity index is 1.97. The molecule has 0 aliphatic carbocycles. The van der Waals surface area contributed by atoms with Gasteiger partial charge in [-0.25, -0.2) is 13.6 Å². The molecule has 0 saturated carbocycles. The molecule has 1 aromatic heterocycles. The van der Waals surface area contributed by atoms with E-state index in [1.54, 1.807) is 4.90 Å². The minimum Gasteiger partial charge on any atom is -0.371 e. The van der Waals surface area contributed by atoms with Crippen molar-refractivity contribution in [3.8, 4) is 0 Å². The van der Waals surface area contributed by atoms with Crippen molar-refractivity contribution in [2.45, 2.75) is 4.21 Å².